The molecule has 0 aliphatic rings. The van der Waals surface area contributed by atoms with Crippen LogP contribution in [0.4, 0.5) is 13.2 Å². The van der Waals surface area contributed by atoms with Gasteiger partial charge in [-0.25, -0.2) is 4.79 Å². The number of esters is 1. The minimum absolute atomic E-state index is 0.124. The Morgan fingerprint density at radius 3 is 2.17 bits per heavy atom. The lowest BCUT2D eigenvalue weighted by Gasteiger charge is -2.16. The molecule has 0 radical (unpaired) electrons. The van der Waals surface area contributed by atoms with Crippen LogP contribution >= 0.6 is 0 Å². The highest BCUT2D eigenvalue weighted by Crippen LogP contribution is 2.27. The molecule has 1 atom stereocenters. The molecule has 0 saturated carbocycles. The molecule has 0 aliphatic carbocycles. The highest BCUT2D eigenvalue weighted by molar-refractivity contribution is 7.87. The highest BCUT2D eigenvalue weighted by atomic mass is 32.2. The number of halogens is 3. The Morgan fingerprint density at radius 1 is 1.12 bits per heavy atom. The van der Waals surface area contributed by atoms with Gasteiger partial charge in [0, 0.05) is 13.0 Å². The van der Waals surface area contributed by atoms with Crippen LogP contribution in [0.15, 0.2) is 24.3 Å². The number of rotatable bonds is 8. The van der Waals surface area contributed by atoms with E-state index in [-0.39, 0.29) is 19.6 Å². The number of benzene rings is 1. The standard InChI is InChI=1S/C14H17F3O6S/c1-3-21-12(13(18)22-4-2)9-10-5-7-11(8-6-10)23-24(19,20)14(15,16)17/h5-8,12H,3-4,9H2,1-2H3. The summed E-state index contributed by atoms with van der Waals surface area (Å²) in [7, 11) is -5.71. The van der Waals surface area contributed by atoms with E-state index in [9.17, 15) is 26.4 Å². The second kappa shape index (κ2) is 8.34. The average molecular weight is 370 g/mol. The summed E-state index contributed by atoms with van der Waals surface area (Å²) < 4.78 is 72.6. The Labute approximate surface area is 137 Å². The molecule has 0 aliphatic heterocycles. The second-order valence-corrected chi connectivity index (χ2v) is 6.07. The summed E-state index contributed by atoms with van der Waals surface area (Å²) in [4.78, 5) is 11.7. The molecule has 0 saturated heterocycles. The van der Waals surface area contributed by atoms with E-state index in [0.29, 0.717) is 5.56 Å². The zero-order valence-corrected chi connectivity index (χ0v) is 13.8. The Balaban J connectivity index is 2.81. The van der Waals surface area contributed by atoms with Gasteiger partial charge in [-0.2, -0.15) is 21.6 Å². The fourth-order valence-corrected chi connectivity index (χ4v) is 2.17. The van der Waals surface area contributed by atoms with Gasteiger partial charge >= 0.3 is 21.6 Å². The number of carbonyl (C=O) groups is 1. The maximum Gasteiger partial charge on any atom is 0.534 e. The monoisotopic (exact) mass is 370 g/mol. The Morgan fingerprint density at radius 2 is 1.71 bits per heavy atom. The first-order chi connectivity index (χ1) is 11.1. The van der Waals surface area contributed by atoms with E-state index in [1.54, 1.807) is 13.8 Å². The molecule has 0 fully saturated rings. The van der Waals surface area contributed by atoms with Crippen LogP contribution in [0.5, 0.6) is 5.75 Å². The van der Waals surface area contributed by atoms with Crippen molar-refractivity contribution in [1.82, 2.24) is 0 Å². The molecule has 0 N–H and O–H groups in total. The largest absolute Gasteiger partial charge is 0.534 e. The van der Waals surface area contributed by atoms with Gasteiger partial charge in [-0.15, -0.1) is 0 Å². The van der Waals surface area contributed by atoms with E-state index in [0.717, 1.165) is 12.1 Å². The molecule has 0 spiro atoms. The first-order valence-corrected chi connectivity index (χ1v) is 8.39. The SMILES string of the molecule is CCOC(=O)C(Cc1ccc(OS(=O)(=O)C(F)(F)F)cc1)OCC. The van der Waals surface area contributed by atoms with Crippen molar-refractivity contribution in [1.29, 1.82) is 0 Å². The van der Waals surface area contributed by atoms with Gasteiger partial charge in [0.1, 0.15) is 5.75 Å². The smallest absolute Gasteiger partial charge is 0.464 e. The second-order valence-electron chi connectivity index (χ2n) is 4.53. The molecule has 0 aromatic heterocycles. The number of alkyl halides is 3. The third kappa shape index (κ3) is 5.68. The lowest BCUT2D eigenvalue weighted by atomic mass is 10.1. The van der Waals surface area contributed by atoms with Crippen LogP contribution in [-0.4, -0.2) is 39.2 Å². The Kier molecular flexibility index (Phi) is 7.03. The van der Waals surface area contributed by atoms with E-state index in [2.05, 4.69) is 4.18 Å². The van der Waals surface area contributed by atoms with Crippen molar-refractivity contribution in [3.8, 4) is 5.75 Å². The van der Waals surface area contributed by atoms with E-state index in [4.69, 9.17) is 9.47 Å². The van der Waals surface area contributed by atoms with E-state index >= 15 is 0 Å². The molecule has 0 bridgehead atoms. The van der Waals surface area contributed by atoms with E-state index in [1.807, 2.05) is 0 Å². The van der Waals surface area contributed by atoms with Crippen LogP contribution in [-0.2, 0) is 30.8 Å². The lowest BCUT2D eigenvalue weighted by molar-refractivity contribution is -0.156. The number of ether oxygens (including phenoxy) is 2. The van der Waals surface area contributed by atoms with Crippen LogP contribution in [0.25, 0.3) is 0 Å². The number of carbonyl (C=O) groups excluding carboxylic acids is 1. The van der Waals surface area contributed by atoms with Crippen molar-refractivity contribution in [2.45, 2.75) is 31.9 Å². The molecule has 1 unspecified atom stereocenters. The third-order valence-corrected chi connectivity index (χ3v) is 3.73. The van der Waals surface area contributed by atoms with Crippen LogP contribution in [0.3, 0.4) is 0 Å². The minimum atomic E-state index is -5.71. The summed E-state index contributed by atoms with van der Waals surface area (Å²) in [6.07, 6.45) is -0.737. The van der Waals surface area contributed by atoms with Gasteiger partial charge in [-0.1, -0.05) is 12.1 Å². The van der Waals surface area contributed by atoms with Gasteiger partial charge in [-0.3, -0.25) is 0 Å². The maximum absolute atomic E-state index is 12.2. The maximum atomic E-state index is 12.2. The molecule has 24 heavy (non-hydrogen) atoms. The van der Waals surface area contributed by atoms with Gasteiger partial charge < -0.3 is 13.7 Å². The number of hydrogen-bond donors (Lipinski definition) is 0. The summed E-state index contributed by atoms with van der Waals surface area (Å²) in [5.74, 6) is -1.04. The van der Waals surface area contributed by atoms with Crippen LogP contribution in [0.2, 0.25) is 0 Å². The summed E-state index contributed by atoms with van der Waals surface area (Å²) in [6.45, 7) is 3.80. The van der Waals surface area contributed by atoms with Crippen molar-refractivity contribution in [3.63, 3.8) is 0 Å². The quantitative estimate of drug-likeness (QED) is 0.397. The Bertz CT molecular complexity index is 639. The lowest BCUT2D eigenvalue weighted by Crippen LogP contribution is -2.29. The van der Waals surface area contributed by atoms with Crippen LogP contribution in [0.1, 0.15) is 19.4 Å². The normalized spacial score (nSPS) is 13.4. The fourth-order valence-electron chi connectivity index (χ4n) is 1.72. The molecule has 136 valence electrons. The minimum Gasteiger partial charge on any atom is -0.464 e. The van der Waals surface area contributed by atoms with Gasteiger partial charge in [-0.05, 0) is 31.5 Å². The van der Waals surface area contributed by atoms with Crippen molar-refractivity contribution in [3.05, 3.63) is 29.8 Å². The summed E-state index contributed by atoms with van der Waals surface area (Å²) in [5, 5.41) is 0. The summed E-state index contributed by atoms with van der Waals surface area (Å²) in [5.41, 5.74) is -4.96. The Hall–Kier alpha value is -1.81. The molecule has 0 heterocycles. The first kappa shape index (κ1) is 20.2. The molecule has 1 rings (SSSR count). The molecule has 1 aromatic carbocycles. The molecular weight excluding hydrogens is 353 g/mol. The van der Waals surface area contributed by atoms with Crippen LogP contribution in [0, 0.1) is 0 Å². The molecule has 1 aromatic rings. The van der Waals surface area contributed by atoms with Gasteiger partial charge in [0.15, 0.2) is 6.10 Å². The fraction of sp³-hybridized carbons (Fsp3) is 0.500. The molecule has 10 heteroatoms. The first-order valence-electron chi connectivity index (χ1n) is 6.98. The predicted octanol–water partition coefficient (Wildman–Crippen LogP) is 2.43. The van der Waals surface area contributed by atoms with Crippen LogP contribution < -0.4 is 4.18 Å². The zero-order valence-electron chi connectivity index (χ0n) is 13.0. The van der Waals surface area contributed by atoms with Crippen molar-refractivity contribution in [2.75, 3.05) is 13.2 Å². The van der Waals surface area contributed by atoms with Gasteiger partial charge in [0.05, 0.1) is 6.61 Å². The molecule has 6 nitrogen and oxygen atoms in total. The molecule has 0 amide bonds. The number of hydrogen-bond acceptors (Lipinski definition) is 6. The van der Waals surface area contributed by atoms with Gasteiger partial charge in [0.25, 0.3) is 0 Å². The summed E-state index contributed by atoms with van der Waals surface area (Å²) in [6, 6.07) is 4.80. The molecular formula is C14H17F3O6S. The van der Waals surface area contributed by atoms with E-state index < -0.39 is 33.4 Å². The third-order valence-electron chi connectivity index (χ3n) is 2.75. The van der Waals surface area contributed by atoms with Crippen molar-refractivity contribution < 1.29 is 40.0 Å². The van der Waals surface area contributed by atoms with Crippen molar-refractivity contribution >= 4 is 16.1 Å². The summed E-state index contributed by atoms with van der Waals surface area (Å²) >= 11 is 0. The van der Waals surface area contributed by atoms with E-state index in [1.165, 1.54) is 12.1 Å². The van der Waals surface area contributed by atoms with Crippen molar-refractivity contribution in [2.24, 2.45) is 0 Å². The van der Waals surface area contributed by atoms with Gasteiger partial charge in [0.2, 0.25) is 0 Å². The zero-order chi connectivity index (χ0) is 18.4. The topological polar surface area (TPSA) is 78.9 Å². The average Bonchev–Trinajstić information content (AvgIpc) is 2.47. The predicted molar refractivity (Wildman–Crippen MR) is 77.8 cm³/mol. The highest BCUT2D eigenvalue weighted by Gasteiger charge is 2.48.